The van der Waals surface area contributed by atoms with E-state index < -0.39 is 12.8 Å². The first-order valence-corrected chi connectivity index (χ1v) is 5.07. The van der Waals surface area contributed by atoms with Gasteiger partial charge in [0.05, 0.1) is 19.6 Å². The molecule has 0 aromatic carbocycles. The maximum atomic E-state index is 11.7. The van der Waals surface area contributed by atoms with Crippen molar-refractivity contribution in [3.05, 3.63) is 0 Å². The highest BCUT2D eigenvalue weighted by molar-refractivity contribution is 5.85. The molecule has 1 N–H and O–H groups in total. The zero-order valence-corrected chi connectivity index (χ0v) is 9.05. The standard InChI is InChI=1S/C9H13F3N2O3/c10-9(11,12)6-17-4-1-8(16)14-3-2-13-7(15)5-14/h1-6H2,(H,13,15). The lowest BCUT2D eigenvalue weighted by Crippen LogP contribution is -2.50. The van der Waals surface area contributed by atoms with Gasteiger partial charge in [-0.1, -0.05) is 0 Å². The zero-order valence-electron chi connectivity index (χ0n) is 9.05. The van der Waals surface area contributed by atoms with E-state index in [1.165, 1.54) is 4.90 Å². The van der Waals surface area contributed by atoms with Gasteiger partial charge in [0.1, 0.15) is 6.61 Å². The van der Waals surface area contributed by atoms with Crippen LogP contribution >= 0.6 is 0 Å². The van der Waals surface area contributed by atoms with E-state index in [0.29, 0.717) is 13.1 Å². The predicted molar refractivity (Wildman–Crippen MR) is 51.1 cm³/mol. The van der Waals surface area contributed by atoms with Crippen LogP contribution in [0.2, 0.25) is 0 Å². The fraction of sp³-hybridized carbons (Fsp3) is 0.778. The molecule has 0 radical (unpaired) electrons. The Kier molecular flexibility index (Phi) is 4.73. The molecule has 0 aliphatic carbocycles. The van der Waals surface area contributed by atoms with Gasteiger partial charge in [0.15, 0.2) is 0 Å². The number of ether oxygens (including phenoxy) is 1. The molecule has 5 nitrogen and oxygen atoms in total. The zero-order chi connectivity index (χ0) is 12.9. The van der Waals surface area contributed by atoms with E-state index in [1.54, 1.807) is 0 Å². The van der Waals surface area contributed by atoms with Crippen LogP contribution in [-0.2, 0) is 14.3 Å². The molecule has 1 fully saturated rings. The topological polar surface area (TPSA) is 58.6 Å². The number of hydrogen-bond donors (Lipinski definition) is 1. The summed E-state index contributed by atoms with van der Waals surface area (Å²) < 4.78 is 39.5. The summed E-state index contributed by atoms with van der Waals surface area (Å²) in [6, 6.07) is 0. The van der Waals surface area contributed by atoms with Gasteiger partial charge >= 0.3 is 6.18 Å². The maximum absolute atomic E-state index is 11.7. The quantitative estimate of drug-likeness (QED) is 0.713. The van der Waals surface area contributed by atoms with Gasteiger partial charge in [0, 0.05) is 13.1 Å². The molecule has 1 saturated heterocycles. The van der Waals surface area contributed by atoms with Crippen LogP contribution in [0.5, 0.6) is 0 Å². The fourth-order valence-corrected chi connectivity index (χ4v) is 1.36. The average Bonchev–Trinajstić information content (AvgIpc) is 2.23. The van der Waals surface area contributed by atoms with Crippen molar-refractivity contribution in [3.8, 4) is 0 Å². The third-order valence-electron chi connectivity index (χ3n) is 2.12. The fourth-order valence-electron chi connectivity index (χ4n) is 1.36. The van der Waals surface area contributed by atoms with E-state index in [-0.39, 0.29) is 31.4 Å². The number of alkyl halides is 3. The van der Waals surface area contributed by atoms with Gasteiger partial charge in [-0.25, -0.2) is 0 Å². The number of rotatable bonds is 4. The summed E-state index contributed by atoms with van der Waals surface area (Å²) in [6.07, 6.45) is -4.53. The van der Waals surface area contributed by atoms with Crippen LogP contribution in [0.1, 0.15) is 6.42 Å². The highest BCUT2D eigenvalue weighted by Crippen LogP contribution is 2.14. The van der Waals surface area contributed by atoms with E-state index in [2.05, 4.69) is 10.1 Å². The maximum Gasteiger partial charge on any atom is 0.411 e. The normalized spacial score (nSPS) is 16.9. The summed E-state index contributed by atoms with van der Waals surface area (Å²) in [4.78, 5) is 23.7. The number of nitrogens with zero attached hydrogens (tertiary/aromatic N) is 1. The second-order valence-electron chi connectivity index (χ2n) is 3.58. The Balaban J connectivity index is 2.18. The van der Waals surface area contributed by atoms with Crippen molar-refractivity contribution in [2.45, 2.75) is 12.6 Å². The largest absolute Gasteiger partial charge is 0.411 e. The minimum absolute atomic E-state index is 0.0435. The monoisotopic (exact) mass is 254 g/mol. The Labute approximate surface area is 95.9 Å². The van der Waals surface area contributed by atoms with E-state index in [4.69, 9.17) is 0 Å². The number of carbonyl (C=O) groups excluding carboxylic acids is 2. The van der Waals surface area contributed by atoms with Gasteiger partial charge in [0.2, 0.25) is 11.8 Å². The number of piperazine rings is 1. The SMILES string of the molecule is O=C1CN(C(=O)CCOCC(F)(F)F)CCN1. The van der Waals surface area contributed by atoms with Crippen molar-refractivity contribution in [3.63, 3.8) is 0 Å². The Morgan fingerprint density at radius 1 is 1.47 bits per heavy atom. The number of hydrogen-bond acceptors (Lipinski definition) is 3. The van der Waals surface area contributed by atoms with Gasteiger partial charge in [-0.05, 0) is 0 Å². The Morgan fingerprint density at radius 2 is 2.18 bits per heavy atom. The first-order valence-electron chi connectivity index (χ1n) is 5.07. The van der Waals surface area contributed by atoms with Crippen molar-refractivity contribution in [2.24, 2.45) is 0 Å². The van der Waals surface area contributed by atoms with Crippen LogP contribution in [0.25, 0.3) is 0 Å². The molecule has 98 valence electrons. The number of amides is 2. The molecule has 0 spiro atoms. The summed E-state index contributed by atoms with van der Waals surface area (Å²) in [5.41, 5.74) is 0. The lowest BCUT2D eigenvalue weighted by molar-refractivity contribution is -0.175. The summed E-state index contributed by atoms with van der Waals surface area (Å²) >= 11 is 0. The highest BCUT2D eigenvalue weighted by atomic mass is 19.4. The van der Waals surface area contributed by atoms with Gasteiger partial charge < -0.3 is 15.0 Å². The number of halogens is 3. The van der Waals surface area contributed by atoms with Crippen molar-refractivity contribution in [2.75, 3.05) is 32.8 Å². The third kappa shape index (κ3) is 5.53. The van der Waals surface area contributed by atoms with Gasteiger partial charge in [-0.2, -0.15) is 13.2 Å². The average molecular weight is 254 g/mol. The molecule has 1 rings (SSSR count). The predicted octanol–water partition coefficient (Wildman–Crippen LogP) is -0.0862. The van der Waals surface area contributed by atoms with E-state index in [1.807, 2.05) is 0 Å². The minimum atomic E-state index is -4.38. The molecule has 0 saturated carbocycles. The molecule has 0 unspecified atom stereocenters. The molecule has 0 bridgehead atoms. The molecule has 17 heavy (non-hydrogen) atoms. The molecule has 0 aromatic rings. The molecular formula is C9H13F3N2O3. The van der Waals surface area contributed by atoms with Crippen molar-refractivity contribution in [1.29, 1.82) is 0 Å². The first kappa shape index (κ1) is 13.8. The van der Waals surface area contributed by atoms with Crippen LogP contribution in [0.3, 0.4) is 0 Å². The Bertz CT molecular complexity index is 294. The Morgan fingerprint density at radius 3 is 2.76 bits per heavy atom. The first-order chi connectivity index (χ1) is 7.88. The third-order valence-corrected chi connectivity index (χ3v) is 2.12. The smallest absolute Gasteiger partial charge is 0.372 e. The van der Waals surface area contributed by atoms with Crippen LogP contribution in [0.15, 0.2) is 0 Å². The summed E-state index contributed by atoms with van der Waals surface area (Å²) in [5.74, 6) is -0.636. The van der Waals surface area contributed by atoms with Crippen LogP contribution in [0.4, 0.5) is 13.2 Å². The van der Waals surface area contributed by atoms with Crippen molar-refractivity contribution < 1.29 is 27.5 Å². The molecular weight excluding hydrogens is 241 g/mol. The Hall–Kier alpha value is -1.31. The molecule has 1 heterocycles. The molecule has 2 amide bonds. The van der Waals surface area contributed by atoms with E-state index in [0.717, 1.165) is 0 Å². The van der Waals surface area contributed by atoms with Gasteiger partial charge in [-0.3, -0.25) is 9.59 Å². The highest BCUT2D eigenvalue weighted by Gasteiger charge is 2.27. The lowest BCUT2D eigenvalue weighted by atomic mass is 10.3. The van der Waals surface area contributed by atoms with Crippen LogP contribution < -0.4 is 5.32 Å². The second-order valence-corrected chi connectivity index (χ2v) is 3.58. The molecule has 1 aliphatic rings. The van der Waals surface area contributed by atoms with Crippen molar-refractivity contribution >= 4 is 11.8 Å². The number of nitrogens with one attached hydrogen (secondary N) is 1. The van der Waals surface area contributed by atoms with Crippen LogP contribution in [-0.4, -0.2) is 55.7 Å². The lowest BCUT2D eigenvalue weighted by Gasteiger charge is -2.26. The van der Waals surface area contributed by atoms with E-state index in [9.17, 15) is 22.8 Å². The molecule has 0 atom stereocenters. The van der Waals surface area contributed by atoms with Crippen LogP contribution in [0, 0.1) is 0 Å². The van der Waals surface area contributed by atoms with Gasteiger partial charge in [-0.15, -0.1) is 0 Å². The second kappa shape index (κ2) is 5.85. The minimum Gasteiger partial charge on any atom is -0.372 e. The summed E-state index contributed by atoms with van der Waals surface area (Å²) in [7, 11) is 0. The number of carbonyl (C=O) groups is 2. The molecule has 0 aromatic heterocycles. The van der Waals surface area contributed by atoms with Crippen molar-refractivity contribution in [1.82, 2.24) is 10.2 Å². The van der Waals surface area contributed by atoms with E-state index >= 15 is 0 Å². The summed E-state index contributed by atoms with van der Waals surface area (Å²) in [6.45, 7) is -0.951. The molecule has 8 heteroatoms. The molecule has 1 aliphatic heterocycles. The summed E-state index contributed by atoms with van der Waals surface area (Å²) in [5, 5.41) is 2.54. The van der Waals surface area contributed by atoms with Gasteiger partial charge in [0.25, 0.3) is 0 Å².